The van der Waals surface area contributed by atoms with E-state index in [0.717, 1.165) is 11.4 Å². The van der Waals surface area contributed by atoms with E-state index < -0.39 is 23.2 Å². The second-order valence-electron chi connectivity index (χ2n) is 7.38. The second-order valence-corrected chi connectivity index (χ2v) is 7.38. The number of hydrogen-bond acceptors (Lipinski definition) is 4. The minimum absolute atomic E-state index is 0.259. The molecule has 132 valence electrons. The lowest BCUT2D eigenvalue weighted by Crippen LogP contribution is -2.17. The maximum absolute atomic E-state index is 12.3. The third kappa shape index (κ3) is 3.14. The number of H-pyrrole nitrogens is 1. The van der Waals surface area contributed by atoms with E-state index in [-0.39, 0.29) is 11.8 Å². The summed E-state index contributed by atoms with van der Waals surface area (Å²) in [5.41, 5.74) is 0.957. The van der Waals surface area contributed by atoms with Crippen LogP contribution in [0.5, 0.6) is 0 Å². The molecular weight excluding hydrogens is 320 g/mol. The summed E-state index contributed by atoms with van der Waals surface area (Å²) in [4.78, 5) is 28.0. The molecule has 7 nitrogen and oxygen atoms in total. The quantitative estimate of drug-likeness (QED) is 0.774. The van der Waals surface area contributed by atoms with Gasteiger partial charge in [0.25, 0.3) is 0 Å². The van der Waals surface area contributed by atoms with Gasteiger partial charge in [0.15, 0.2) is 5.82 Å². The third-order valence-electron chi connectivity index (χ3n) is 4.84. The van der Waals surface area contributed by atoms with Crippen molar-refractivity contribution < 1.29 is 14.7 Å². The summed E-state index contributed by atoms with van der Waals surface area (Å²) in [6, 6.07) is 7.19. The molecule has 7 heteroatoms. The van der Waals surface area contributed by atoms with E-state index in [4.69, 9.17) is 0 Å². The Hall–Kier alpha value is -2.70. The summed E-state index contributed by atoms with van der Waals surface area (Å²) in [5.74, 6) is -0.625. The van der Waals surface area contributed by atoms with Crippen molar-refractivity contribution in [2.45, 2.75) is 33.6 Å². The van der Waals surface area contributed by atoms with E-state index in [0.29, 0.717) is 11.5 Å². The van der Waals surface area contributed by atoms with Crippen LogP contribution in [0, 0.1) is 17.3 Å². The number of hydrogen-bond donors (Lipinski definition) is 3. The predicted molar refractivity (Wildman–Crippen MR) is 92.9 cm³/mol. The van der Waals surface area contributed by atoms with Crippen LogP contribution in [0.1, 0.15) is 39.4 Å². The van der Waals surface area contributed by atoms with Crippen LogP contribution in [0.4, 0.5) is 5.69 Å². The van der Waals surface area contributed by atoms with Gasteiger partial charge in [0.1, 0.15) is 5.82 Å². The van der Waals surface area contributed by atoms with Gasteiger partial charge in [-0.1, -0.05) is 27.7 Å². The molecule has 0 bridgehead atoms. The Morgan fingerprint density at radius 3 is 2.32 bits per heavy atom. The van der Waals surface area contributed by atoms with Gasteiger partial charge in [0, 0.05) is 17.2 Å². The van der Waals surface area contributed by atoms with Gasteiger partial charge in [-0.2, -0.15) is 5.10 Å². The molecule has 0 spiro atoms. The molecule has 3 rings (SSSR count). The smallest absolute Gasteiger partial charge is 0.307 e. The minimum atomic E-state index is -0.925. The van der Waals surface area contributed by atoms with Crippen LogP contribution in [0.3, 0.4) is 0 Å². The van der Waals surface area contributed by atoms with E-state index in [1.807, 2.05) is 26.0 Å². The topological polar surface area (TPSA) is 108 Å². The lowest BCUT2D eigenvalue weighted by molar-refractivity contribution is -0.140. The van der Waals surface area contributed by atoms with Crippen molar-refractivity contribution in [2.24, 2.45) is 17.3 Å². The van der Waals surface area contributed by atoms with E-state index in [2.05, 4.69) is 20.5 Å². The Balaban J connectivity index is 1.69. The fourth-order valence-electron chi connectivity index (χ4n) is 3.17. The van der Waals surface area contributed by atoms with Gasteiger partial charge in [0.05, 0.1) is 11.8 Å². The fourth-order valence-corrected chi connectivity index (χ4v) is 3.17. The van der Waals surface area contributed by atoms with Crippen molar-refractivity contribution in [3.63, 3.8) is 0 Å². The number of anilines is 1. The van der Waals surface area contributed by atoms with Gasteiger partial charge in [0.2, 0.25) is 5.91 Å². The molecular formula is C18H22N4O3. The molecule has 1 fully saturated rings. The van der Waals surface area contributed by atoms with Crippen LogP contribution >= 0.6 is 0 Å². The van der Waals surface area contributed by atoms with Gasteiger partial charge < -0.3 is 10.4 Å². The lowest BCUT2D eigenvalue weighted by Gasteiger charge is -2.06. The highest BCUT2D eigenvalue weighted by Gasteiger charge is 2.65. The van der Waals surface area contributed by atoms with Crippen LogP contribution in [-0.4, -0.2) is 32.2 Å². The number of rotatable bonds is 5. The highest BCUT2D eigenvalue weighted by Crippen LogP contribution is 2.58. The molecule has 0 saturated heterocycles. The van der Waals surface area contributed by atoms with Crippen LogP contribution in [0.15, 0.2) is 24.3 Å². The lowest BCUT2D eigenvalue weighted by atomic mass is 10.1. The third-order valence-corrected chi connectivity index (χ3v) is 4.84. The zero-order valence-electron chi connectivity index (χ0n) is 14.7. The van der Waals surface area contributed by atoms with Crippen molar-refractivity contribution in [2.75, 3.05) is 5.32 Å². The summed E-state index contributed by atoms with van der Waals surface area (Å²) >= 11 is 0. The fraction of sp³-hybridized carbons (Fsp3) is 0.444. The Labute approximate surface area is 145 Å². The maximum Gasteiger partial charge on any atom is 0.307 e. The summed E-state index contributed by atoms with van der Waals surface area (Å²) in [6.45, 7) is 7.67. The molecule has 0 radical (unpaired) electrons. The Bertz CT molecular complexity index is 808. The zero-order valence-corrected chi connectivity index (χ0v) is 14.7. The summed E-state index contributed by atoms with van der Waals surface area (Å²) in [7, 11) is 0. The standard InChI is InChI=1S/C18H22N4O3/c1-9(2)14-20-15(22-21-14)10-5-7-11(8-6-10)19-16(23)12-13(17(24)25)18(12,3)4/h5-9,12-13H,1-4H3,(H,19,23)(H,24,25)(H,20,21,22)/t12-,13+/m0/s1. The van der Waals surface area contributed by atoms with Crippen molar-refractivity contribution in [1.29, 1.82) is 0 Å². The number of carbonyl (C=O) groups is 2. The van der Waals surface area contributed by atoms with Gasteiger partial charge in [-0.05, 0) is 29.7 Å². The number of carbonyl (C=O) groups excluding carboxylic acids is 1. The van der Waals surface area contributed by atoms with Crippen molar-refractivity contribution in [1.82, 2.24) is 15.2 Å². The van der Waals surface area contributed by atoms with Gasteiger partial charge in [-0.3, -0.25) is 14.7 Å². The molecule has 1 aromatic heterocycles. The number of carboxylic acid groups (broad SMARTS) is 1. The number of carboxylic acids is 1. The molecule has 1 heterocycles. The molecule has 1 aliphatic carbocycles. The molecule has 1 aromatic carbocycles. The maximum atomic E-state index is 12.3. The number of nitrogens with zero attached hydrogens (tertiary/aromatic N) is 2. The monoisotopic (exact) mass is 342 g/mol. The average molecular weight is 342 g/mol. The number of aromatic amines is 1. The number of amides is 1. The number of aromatic nitrogens is 3. The average Bonchev–Trinajstić information content (AvgIpc) is 2.91. The molecule has 1 saturated carbocycles. The first-order valence-electron chi connectivity index (χ1n) is 8.28. The van der Waals surface area contributed by atoms with E-state index in [1.54, 1.807) is 26.0 Å². The molecule has 3 N–H and O–H groups in total. The highest BCUT2D eigenvalue weighted by atomic mass is 16.4. The van der Waals surface area contributed by atoms with E-state index in [1.165, 1.54) is 0 Å². The SMILES string of the molecule is CC(C)c1nc(-c2ccc(NC(=O)[C@@H]3[C@H](C(=O)O)C3(C)C)cc2)n[nH]1. The van der Waals surface area contributed by atoms with Crippen LogP contribution < -0.4 is 5.32 Å². The molecule has 1 amide bonds. The second kappa shape index (κ2) is 5.98. The van der Waals surface area contributed by atoms with E-state index >= 15 is 0 Å². The molecule has 0 aliphatic heterocycles. The normalized spacial score (nSPS) is 21.2. The van der Waals surface area contributed by atoms with Crippen molar-refractivity contribution >= 4 is 17.6 Å². The number of nitrogens with one attached hydrogen (secondary N) is 2. The highest BCUT2D eigenvalue weighted by molar-refractivity contribution is 5.99. The van der Waals surface area contributed by atoms with Gasteiger partial charge in [-0.25, -0.2) is 4.98 Å². The summed E-state index contributed by atoms with van der Waals surface area (Å²) in [5, 5.41) is 19.1. The van der Waals surface area contributed by atoms with Crippen molar-refractivity contribution in [3.05, 3.63) is 30.1 Å². The minimum Gasteiger partial charge on any atom is -0.481 e. The molecule has 0 unspecified atom stereocenters. The molecule has 1 aliphatic rings. The zero-order chi connectivity index (χ0) is 18.4. The Morgan fingerprint density at radius 1 is 1.20 bits per heavy atom. The van der Waals surface area contributed by atoms with Crippen LogP contribution in [0.25, 0.3) is 11.4 Å². The number of benzene rings is 1. The van der Waals surface area contributed by atoms with Crippen molar-refractivity contribution in [3.8, 4) is 11.4 Å². The molecule has 25 heavy (non-hydrogen) atoms. The number of aliphatic carboxylic acids is 1. The van der Waals surface area contributed by atoms with Gasteiger partial charge in [-0.15, -0.1) is 0 Å². The summed E-state index contributed by atoms with van der Waals surface area (Å²) < 4.78 is 0. The predicted octanol–water partition coefficient (Wildman–Crippen LogP) is 2.89. The summed E-state index contributed by atoms with van der Waals surface area (Å²) in [6.07, 6.45) is 0. The Kier molecular flexibility index (Phi) is 4.10. The molecule has 2 atom stereocenters. The van der Waals surface area contributed by atoms with E-state index in [9.17, 15) is 14.7 Å². The largest absolute Gasteiger partial charge is 0.481 e. The van der Waals surface area contributed by atoms with Crippen LogP contribution in [-0.2, 0) is 9.59 Å². The van der Waals surface area contributed by atoms with Gasteiger partial charge >= 0.3 is 5.97 Å². The first-order chi connectivity index (χ1) is 11.7. The first kappa shape index (κ1) is 17.1. The first-order valence-corrected chi connectivity index (χ1v) is 8.28. The van der Waals surface area contributed by atoms with Crippen LogP contribution in [0.2, 0.25) is 0 Å². The molecule has 2 aromatic rings. The Morgan fingerprint density at radius 2 is 1.84 bits per heavy atom.